The van der Waals surface area contributed by atoms with Crippen LogP contribution >= 0.6 is 22.7 Å². The summed E-state index contributed by atoms with van der Waals surface area (Å²) in [5.74, 6) is 0. The molecule has 0 saturated carbocycles. The fourth-order valence-electron chi connectivity index (χ4n) is 1.91. The first-order chi connectivity index (χ1) is 9.83. The van der Waals surface area contributed by atoms with E-state index in [0.29, 0.717) is 0 Å². The second-order valence-electron chi connectivity index (χ2n) is 4.47. The summed E-state index contributed by atoms with van der Waals surface area (Å²) in [4.78, 5) is 12.2. The molecule has 3 aromatic rings. The van der Waals surface area contributed by atoms with Gasteiger partial charge in [-0.1, -0.05) is 41.7 Å². The minimum atomic E-state index is 0.940. The molecule has 0 radical (unpaired) electrons. The lowest BCUT2D eigenvalue weighted by atomic mass is 10.2. The van der Waals surface area contributed by atoms with Gasteiger partial charge in [0.25, 0.3) is 0 Å². The van der Waals surface area contributed by atoms with Gasteiger partial charge < -0.3 is 4.90 Å². The van der Waals surface area contributed by atoms with Gasteiger partial charge in [0.2, 0.25) is 0 Å². The first-order valence-corrected chi connectivity index (χ1v) is 8.13. The summed E-state index contributed by atoms with van der Waals surface area (Å²) in [6.07, 6.45) is 4.78. The van der Waals surface area contributed by atoms with Crippen LogP contribution in [0.5, 0.6) is 0 Å². The summed E-state index contributed by atoms with van der Waals surface area (Å²) in [7, 11) is 2.08. The van der Waals surface area contributed by atoms with Crippen molar-refractivity contribution in [1.29, 1.82) is 0 Å². The van der Waals surface area contributed by atoms with Crippen molar-refractivity contribution in [3.63, 3.8) is 0 Å². The van der Waals surface area contributed by atoms with Crippen LogP contribution in [0.3, 0.4) is 0 Å². The highest BCUT2D eigenvalue weighted by Gasteiger charge is 2.09. The first kappa shape index (κ1) is 13.3. The molecule has 0 aliphatic rings. The van der Waals surface area contributed by atoms with Gasteiger partial charge in [0.15, 0.2) is 5.13 Å². The van der Waals surface area contributed by atoms with E-state index in [4.69, 9.17) is 0 Å². The molecule has 0 unspecified atom stereocenters. The van der Waals surface area contributed by atoms with Crippen molar-refractivity contribution in [3.8, 4) is 10.4 Å². The predicted molar refractivity (Wildman–Crippen MR) is 86.6 cm³/mol. The van der Waals surface area contributed by atoms with Crippen molar-refractivity contribution in [2.45, 2.75) is 6.42 Å². The van der Waals surface area contributed by atoms with Crippen LogP contribution in [0.4, 0.5) is 5.13 Å². The zero-order valence-corrected chi connectivity index (χ0v) is 12.8. The minimum Gasteiger partial charge on any atom is -0.351 e. The number of thiazole rings is 2. The van der Waals surface area contributed by atoms with Crippen LogP contribution in [0.2, 0.25) is 0 Å². The summed E-state index contributed by atoms with van der Waals surface area (Å²) in [5, 5.41) is 4.25. The van der Waals surface area contributed by atoms with Gasteiger partial charge >= 0.3 is 0 Å². The van der Waals surface area contributed by atoms with E-state index in [1.807, 2.05) is 23.8 Å². The third kappa shape index (κ3) is 3.05. The minimum absolute atomic E-state index is 0.940. The maximum absolute atomic E-state index is 4.52. The molecule has 0 fully saturated rings. The second-order valence-corrected chi connectivity index (χ2v) is 6.46. The Balaban J connectivity index is 1.67. The van der Waals surface area contributed by atoms with E-state index < -0.39 is 0 Å². The summed E-state index contributed by atoms with van der Waals surface area (Å²) in [6.45, 7) is 0.940. The van der Waals surface area contributed by atoms with E-state index in [2.05, 4.69) is 46.2 Å². The largest absolute Gasteiger partial charge is 0.351 e. The molecule has 1 aromatic carbocycles. The Morgan fingerprint density at radius 1 is 1.15 bits per heavy atom. The number of anilines is 1. The standard InChI is InChI=1S/C15H15N3S2/c1-18(9-7-14-16-8-10-19-14)15-17-11-13(20-15)12-5-3-2-4-6-12/h2-6,8,10-11H,7,9H2,1H3. The van der Waals surface area contributed by atoms with Crippen molar-refractivity contribution >= 4 is 27.8 Å². The van der Waals surface area contributed by atoms with Crippen molar-refractivity contribution < 1.29 is 0 Å². The number of nitrogens with zero attached hydrogens (tertiary/aromatic N) is 3. The molecule has 0 aliphatic carbocycles. The lowest BCUT2D eigenvalue weighted by molar-refractivity contribution is 0.864. The Kier molecular flexibility index (Phi) is 4.08. The molecule has 2 heterocycles. The first-order valence-electron chi connectivity index (χ1n) is 6.43. The molecule has 2 aromatic heterocycles. The molecule has 0 amide bonds. The van der Waals surface area contributed by atoms with E-state index in [1.165, 1.54) is 15.4 Å². The maximum Gasteiger partial charge on any atom is 0.185 e. The lowest BCUT2D eigenvalue weighted by Crippen LogP contribution is -2.19. The van der Waals surface area contributed by atoms with Crippen LogP contribution in [0.15, 0.2) is 48.1 Å². The molecule has 0 spiro atoms. The highest BCUT2D eigenvalue weighted by atomic mass is 32.1. The fourth-order valence-corrected chi connectivity index (χ4v) is 3.43. The van der Waals surface area contributed by atoms with Crippen LogP contribution in [0.25, 0.3) is 10.4 Å². The molecule has 0 saturated heterocycles. The summed E-state index contributed by atoms with van der Waals surface area (Å²) < 4.78 is 0. The lowest BCUT2D eigenvalue weighted by Gasteiger charge is -2.14. The van der Waals surface area contributed by atoms with E-state index in [-0.39, 0.29) is 0 Å². The van der Waals surface area contributed by atoms with Crippen LogP contribution in [0.1, 0.15) is 5.01 Å². The number of likely N-dealkylation sites (N-methyl/N-ethyl adjacent to an activating group) is 1. The molecule has 3 rings (SSSR count). The van der Waals surface area contributed by atoms with Gasteiger partial charge in [-0.05, 0) is 5.56 Å². The maximum atomic E-state index is 4.52. The van der Waals surface area contributed by atoms with Crippen molar-refractivity contribution in [2.24, 2.45) is 0 Å². The Morgan fingerprint density at radius 2 is 2.00 bits per heavy atom. The topological polar surface area (TPSA) is 29.0 Å². The van der Waals surface area contributed by atoms with Crippen molar-refractivity contribution in [1.82, 2.24) is 9.97 Å². The van der Waals surface area contributed by atoms with Crippen LogP contribution in [-0.2, 0) is 6.42 Å². The van der Waals surface area contributed by atoms with Gasteiger partial charge in [-0.25, -0.2) is 9.97 Å². The molecule has 5 heteroatoms. The highest BCUT2D eigenvalue weighted by Crippen LogP contribution is 2.30. The molecule has 3 nitrogen and oxygen atoms in total. The average molecular weight is 301 g/mol. The zero-order valence-electron chi connectivity index (χ0n) is 11.2. The number of hydrogen-bond acceptors (Lipinski definition) is 5. The van der Waals surface area contributed by atoms with Gasteiger partial charge in [-0.3, -0.25) is 0 Å². The third-order valence-corrected chi connectivity index (χ3v) is 5.02. The number of rotatable bonds is 5. The van der Waals surface area contributed by atoms with E-state index in [1.54, 1.807) is 22.7 Å². The third-order valence-electron chi connectivity index (χ3n) is 3.02. The van der Waals surface area contributed by atoms with Gasteiger partial charge in [-0.15, -0.1) is 11.3 Å². The molecule has 0 N–H and O–H groups in total. The predicted octanol–water partition coefficient (Wildman–Crippen LogP) is 3.95. The average Bonchev–Trinajstić information content (AvgIpc) is 3.17. The summed E-state index contributed by atoms with van der Waals surface area (Å²) in [5.41, 5.74) is 1.23. The SMILES string of the molecule is CN(CCc1nccs1)c1ncc(-c2ccccc2)s1. The molecule has 102 valence electrons. The van der Waals surface area contributed by atoms with Gasteiger partial charge in [0.05, 0.1) is 9.88 Å². The van der Waals surface area contributed by atoms with Crippen LogP contribution < -0.4 is 4.90 Å². The van der Waals surface area contributed by atoms with Crippen LogP contribution in [0, 0.1) is 0 Å². The van der Waals surface area contributed by atoms with Gasteiger partial charge in [-0.2, -0.15) is 0 Å². The Morgan fingerprint density at radius 3 is 2.75 bits per heavy atom. The molecule has 0 atom stereocenters. The summed E-state index contributed by atoms with van der Waals surface area (Å²) >= 11 is 3.44. The van der Waals surface area contributed by atoms with E-state index in [0.717, 1.165) is 18.1 Å². The van der Waals surface area contributed by atoms with Crippen molar-refractivity contribution in [2.75, 3.05) is 18.5 Å². The smallest absolute Gasteiger partial charge is 0.185 e. The summed E-state index contributed by atoms with van der Waals surface area (Å²) in [6, 6.07) is 10.4. The van der Waals surface area contributed by atoms with Crippen molar-refractivity contribution in [3.05, 3.63) is 53.1 Å². The molecular formula is C15H15N3S2. The normalized spacial score (nSPS) is 10.7. The second kappa shape index (κ2) is 6.15. The highest BCUT2D eigenvalue weighted by molar-refractivity contribution is 7.18. The van der Waals surface area contributed by atoms with Crippen LogP contribution in [-0.4, -0.2) is 23.6 Å². The quantitative estimate of drug-likeness (QED) is 0.714. The van der Waals surface area contributed by atoms with E-state index >= 15 is 0 Å². The number of hydrogen-bond donors (Lipinski definition) is 0. The Bertz CT molecular complexity index is 647. The molecule has 20 heavy (non-hydrogen) atoms. The Labute approximate surface area is 126 Å². The number of aromatic nitrogens is 2. The van der Waals surface area contributed by atoms with E-state index in [9.17, 15) is 0 Å². The monoisotopic (exact) mass is 301 g/mol. The molecular weight excluding hydrogens is 286 g/mol. The molecule has 0 aliphatic heterocycles. The van der Waals surface area contributed by atoms with Gasteiger partial charge in [0, 0.05) is 37.8 Å². The fraction of sp³-hybridized carbons (Fsp3) is 0.200. The van der Waals surface area contributed by atoms with Gasteiger partial charge in [0.1, 0.15) is 0 Å². The molecule has 0 bridgehead atoms. The number of benzene rings is 1. The Hall–Kier alpha value is -1.72. The zero-order chi connectivity index (χ0) is 13.8.